The van der Waals surface area contributed by atoms with Crippen LogP contribution in [0, 0.1) is 19.7 Å². The number of rotatable bonds is 9. The zero-order chi connectivity index (χ0) is 24.1. The lowest BCUT2D eigenvalue weighted by Crippen LogP contribution is -2.18. The van der Waals surface area contributed by atoms with Gasteiger partial charge in [0.15, 0.2) is 11.6 Å². The van der Waals surface area contributed by atoms with E-state index in [-0.39, 0.29) is 11.9 Å². The molecule has 34 heavy (non-hydrogen) atoms. The summed E-state index contributed by atoms with van der Waals surface area (Å²) < 4.78 is 20.8. The maximum Gasteiger partial charge on any atom is 0.168 e. The topological polar surface area (TPSA) is 38.3 Å². The van der Waals surface area contributed by atoms with E-state index < -0.39 is 0 Å². The average molecular weight is 478 g/mol. The van der Waals surface area contributed by atoms with Gasteiger partial charge in [-0.2, -0.15) is 12.6 Å². The van der Waals surface area contributed by atoms with Crippen LogP contribution in [0.25, 0.3) is 11.1 Å². The van der Waals surface area contributed by atoms with Crippen LogP contribution in [0.5, 0.6) is 5.75 Å². The van der Waals surface area contributed by atoms with E-state index in [1.807, 2.05) is 13.8 Å². The van der Waals surface area contributed by atoms with Crippen molar-refractivity contribution in [3.8, 4) is 16.9 Å². The first-order valence-electron chi connectivity index (χ1n) is 12.0. The van der Waals surface area contributed by atoms with Crippen molar-refractivity contribution in [3.05, 3.63) is 82.2 Å². The van der Waals surface area contributed by atoms with Gasteiger partial charge in [0.1, 0.15) is 6.29 Å². The Labute approximate surface area is 207 Å². The fourth-order valence-electron chi connectivity index (χ4n) is 4.81. The van der Waals surface area contributed by atoms with Crippen molar-refractivity contribution in [3.63, 3.8) is 0 Å². The second-order valence-electron chi connectivity index (χ2n) is 8.99. The van der Waals surface area contributed by atoms with E-state index in [2.05, 4.69) is 60.4 Å². The third-order valence-electron chi connectivity index (χ3n) is 6.55. The molecule has 0 bridgehead atoms. The number of hydrogen-bond acceptors (Lipinski definition) is 4. The minimum absolute atomic E-state index is 0.197. The van der Waals surface area contributed by atoms with Crippen LogP contribution >= 0.6 is 12.6 Å². The number of ether oxygens (including phenoxy) is 1. The highest BCUT2D eigenvalue weighted by Crippen LogP contribution is 2.38. The number of fused-ring (bicyclic) bond motifs is 1. The summed E-state index contributed by atoms with van der Waals surface area (Å²) in [5, 5.41) is 3.68. The summed E-state index contributed by atoms with van der Waals surface area (Å²) in [6, 6.07) is 16.9. The van der Waals surface area contributed by atoms with Crippen molar-refractivity contribution in [2.75, 3.05) is 17.7 Å². The van der Waals surface area contributed by atoms with E-state index >= 15 is 4.39 Å². The van der Waals surface area contributed by atoms with Gasteiger partial charge >= 0.3 is 0 Å². The van der Waals surface area contributed by atoms with Gasteiger partial charge in [-0.1, -0.05) is 30.3 Å². The van der Waals surface area contributed by atoms with Gasteiger partial charge in [-0.05, 0) is 102 Å². The van der Waals surface area contributed by atoms with Crippen LogP contribution < -0.4 is 10.1 Å². The molecule has 1 aliphatic heterocycles. The normalized spacial score (nSPS) is 14.9. The first kappa shape index (κ1) is 24.3. The second-order valence-corrected chi connectivity index (χ2v) is 9.44. The van der Waals surface area contributed by atoms with E-state index in [0.29, 0.717) is 30.1 Å². The summed E-state index contributed by atoms with van der Waals surface area (Å²) in [6.07, 6.45) is 5.07. The molecular weight excluding hydrogens is 445 g/mol. The first-order valence-corrected chi connectivity index (χ1v) is 12.6. The highest BCUT2D eigenvalue weighted by Gasteiger charge is 2.21. The van der Waals surface area contributed by atoms with Gasteiger partial charge < -0.3 is 14.8 Å². The Bertz CT molecular complexity index is 1180. The number of anilines is 1. The molecule has 0 amide bonds. The van der Waals surface area contributed by atoms with Crippen molar-refractivity contribution in [1.82, 2.24) is 0 Å². The maximum absolute atomic E-state index is 15.1. The zero-order valence-electron chi connectivity index (χ0n) is 19.9. The van der Waals surface area contributed by atoms with Gasteiger partial charge in [-0.25, -0.2) is 4.39 Å². The largest absolute Gasteiger partial charge is 0.490 e. The maximum atomic E-state index is 15.1. The van der Waals surface area contributed by atoms with Crippen LogP contribution in [0.2, 0.25) is 0 Å². The van der Waals surface area contributed by atoms with Crippen molar-refractivity contribution < 1.29 is 13.9 Å². The Morgan fingerprint density at radius 3 is 2.82 bits per heavy atom. The zero-order valence-corrected chi connectivity index (χ0v) is 20.8. The van der Waals surface area contributed by atoms with Crippen molar-refractivity contribution >= 4 is 24.6 Å². The minimum atomic E-state index is -0.291. The Kier molecular flexibility index (Phi) is 7.94. The Morgan fingerprint density at radius 1 is 1.18 bits per heavy atom. The highest BCUT2D eigenvalue weighted by atomic mass is 32.1. The molecule has 0 aromatic heterocycles. The number of carbonyl (C=O) groups is 1. The van der Waals surface area contributed by atoms with Crippen molar-refractivity contribution in [2.45, 2.75) is 52.0 Å². The van der Waals surface area contributed by atoms with Crippen LogP contribution in [0.1, 0.15) is 53.1 Å². The predicted octanol–water partition coefficient (Wildman–Crippen LogP) is 7.04. The summed E-state index contributed by atoms with van der Waals surface area (Å²) in [4.78, 5) is 10.7. The Hall–Kier alpha value is -2.79. The highest BCUT2D eigenvalue weighted by molar-refractivity contribution is 7.80. The van der Waals surface area contributed by atoms with Gasteiger partial charge in [0, 0.05) is 12.1 Å². The van der Waals surface area contributed by atoms with Gasteiger partial charge in [0.05, 0.1) is 12.6 Å². The quantitative estimate of drug-likeness (QED) is 0.197. The van der Waals surface area contributed by atoms with Gasteiger partial charge in [-0.3, -0.25) is 0 Å². The fourth-order valence-corrected chi connectivity index (χ4v) is 4.94. The third kappa shape index (κ3) is 5.30. The van der Waals surface area contributed by atoms with Gasteiger partial charge in [0.2, 0.25) is 0 Å². The predicted molar refractivity (Wildman–Crippen MR) is 141 cm³/mol. The first-order chi connectivity index (χ1) is 16.5. The molecule has 3 aromatic carbocycles. The number of halogens is 1. The summed E-state index contributed by atoms with van der Waals surface area (Å²) in [6.45, 7) is 4.30. The van der Waals surface area contributed by atoms with Crippen molar-refractivity contribution in [2.24, 2.45) is 0 Å². The molecule has 1 heterocycles. The minimum Gasteiger partial charge on any atom is -0.490 e. The molecule has 5 heteroatoms. The molecule has 1 aliphatic rings. The van der Waals surface area contributed by atoms with Crippen LogP contribution in [-0.2, 0) is 17.6 Å². The molecule has 1 atom stereocenters. The standard InChI is InChI=1S/C29H32FNO2S/c1-19-16-27(33-14-5-15-34)29(30)20(2)28(19)24-8-3-7-22(18-24)26-12-10-23-17-21(6-4-13-32)9-11-25(23)31-26/h3,7-9,11,13,16-18,26,31,34H,4-6,10,12,14-15H2,1-2H3. The number of aryl methyl sites for hydroxylation is 3. The van der Waals surface area contributed by atoms with Crippen LogP contribution in [0.3, 0.4) is 0 Å². The number of carbonyl (C=O) groups excluding carboxylic acids is 1. The summed E-state index contributed by atoms with van der Waals surface area (Å²) in [5.41, 5.74) is 8.42. The van der Waals surface area contributed by atoms with Crippen molar-refractivity contribution in [1.29, 1.82) is 0 Å². The average Bonchev–Trinajstić information content (AvgIpc) is 2.85. The monoisotopic (exact) mass is 477 g/mol. The molecular formula is C29H32FNO2S. The van der Waals surface area contributed by atoms with Crippen LogP contribution in [0.15, 0.2) is 48.5 Å². The number of hydrogen-bond donors (Lipinski definition) is 2. The molecule has 0 aliphatic carbocycles. The van der Waals surface area contributed by atoms with Gasteiger partial charge in [0.25, 0.3) is 0 Å². The van der Waals surface area contributed by atoms with E-state index in [9.17, 15) is 4.79 Å². The SMILES string of the molecule is Cc1cc(OCCCS)c(F)c(C)c1-c1cccc(C2CCc3cc(CCC=O)ccc3N2)c1. The molecule has 0 saturated carbocycles. The molecule has 178 valence electrons. The lowest BCUT2D eigenvalue weighted by Gasteiger charge is -2.28. The van der Waals surface area contributed by atoms with E-state index in [1.165, 1.54) is 16.7 Å². The molecule has 0 radical (unpaired) electrons. The molecule has 0 spiro atoms. The summed E-state index contributed by atoms with van der Waals surface area (Å²) in [5.74, 6) is 0.737. The summed E-state index contributed by atoms with van der Waals surface area (Å²) >= 11 is 4.19. The number of benzene rings is 3. The van der Waals surface area contributed by atoms with E-state index in [0.717, 1.165) is 54.3 Å². The second kappa shape index (κ2) is 11.1. The Balaban J connectivity index is 1.57. The van der Waals surface area contributed by atoms with Crippen LogP contribution in [0.4, 0.5) is 10.1 Å². The lowest BCUT2D eigenvalue weighted by molar-refractivity contribution is -0.107. The molecule has 0 saturated heterocycles. The number of thiol groups is 1. The molecule has 3 nitrogen and oxygen atoms in total. The fraction of sp³-hybridized carbons (Fsp3) is 0.345. The van der Waals surface area contributed by atoms with Crippen LogP contribution in [-0.4, -0.2) is 18.6 Å². The lowest BCUT2D eigenvalue weighted by atomic mass is 9.89. The van der Waals surface area contributed by atoms with Gasteiger partial charge in [-0.15, -0.1) is 0 Å². The Morgan fingerprint density at radius 2 is 2.03 bits per heavy atom. The molecule has 1 N–H and O–H groups in total. The van der Waals surface area contributed by atoms with E-state index in [4.69, 9.17) is 4.74 Å². The van der Waals surface area contributed by atoms with E-state index in [1.54, 1.807) is 6.07 Å². The smallest absolute Gasteiger partial charge is 0.168 e. The molecule has 0 fully saturated rings. The number of aldehydes is 1. The molecule has 1 unspecified atom stereocenters. The molecule has 4 rings (SSSR count). The summed E-state index contributed by atoms with van der Waals surface area (Å²) in [7, 11) is 0. The molecule has 3 aromatic rings. The third-order valence-corrected chi connectivity index (χ3v) is 6.87. The number of nitrogens with one attached hydrogen (secondary N) is 1.